The van der Waals surface area contributed by atoms with Crippen molar-refractivity contribution in [2.24, 2.45) is 0 Å². The van der Waals surface area contributed by atoms with E-state index >= 15 is 0 Å². The van der Waals surface area contributed by atoms with Crippen molar-refractivity contribution in [3.63, 3.8) is 0 Å². The molecule has 1 unspecified atom stereocenters. The summed E-state index contributed by atoms with van der Waals surface area (Å²) in [6, 6.07) is 0.782. The van der Waals surface area contributed by atoms with Crippen molar-refractivity contribution in [1.29, 1.82) is 0 Å². The number of nitrogens with one attached hydrogen (secondary N) is 1. The van der Waals surface area contributed by atoms with Crippen LogP contribution in [0.15, 0.2) is 0 Å². The maximum atomic E-state index is 3.36. The number of halogens is 1. The Kier molecular flexibility index (Phi) is 1.48. The first-order valence-electron chi connectivity index (χ1n) is 2.23. The Bertz CT molecular complexity index is 40.1. The molecule has 1 aliphatic rings. The van der Waals surface area contributed by atoms with Gasteiger partial charge in [0.25, 0.3) is 0 Å². The summed E-state index contributed by atoms with van der Waals surface area (Å²) >= 11 is 3.36. The largest absolute Gasteiger partial charge is 0.313 e. The van der Waals surface area contributed by atoms with Crippen LogP contribution in [0, 0.1) is 0 Å². The average molecular weight is 150 g/mol. The van der Waals surface area contributed by atoms with Gasteiger partial charge >= 0.3 is 0 Å². The molecule has 1 saturated heterocycles. The molecular formula is C4H8BrN. The van der Waals surface area contributed by atoms with Gasteiger partial charge < -0.3 is 5.32 Å². The molecule has 1 heterocycles. The highest BCUT2D eigenvalue weighted by Crippen LogP contribution is 2.03. The van der Waals surface area contributed by atoms with Crippen molar-refractivity contribution in [2.75, 3.05) is 11.9 Å². The maximum absolute atomic E-state index is 3.36. The van der Waals surface area contributed by atoms with Gasteiger partial charge in [0, 0.05) is 11.4 Å². The minimum absolute atomic E-state index is 0.782. The van der Waals surface area contributed by atoms with Gasteiger partial charge in [0.15, 0.2) is 0 Å². The van der Waals surface area contributed by atoms with Crippen LogP contribution in [0.3, 0.4) is 0 Å². The molecule has 1 rings (SSSR count). The van der Waals surface area contributed by atoms with Crippen LogP contribution in [-0.4, -0.2) is 17.9 Å². The van der Waals surface area contributed by atoms with E-state index in [-0.39, 0.29) is 0 Å². The first-order valence-corrected chi connectivity index (χ1v) is 3.35. The lowest BCUT2D eigenvalue weighted by molar-refractivity contribution is 0.407. The van der Waals surface area contributed by atoms with Gasteiger partial charge in [0.2, 0.25) is 0 Å². The van der Waals surface area contributed by atoms with Crippen LogP contribution in [0.25, 0.3) is 0 Å². The third-order valence-electron chi connectivity index (χ3n) is 1.11. The molecule has 1 fully saturated rings. The highest BCUT2D eigenvalue weighted by Gasteiger charge is 2.12. The lowest BCUT2D eigenvalue weighted by atomic mass is 10.1. The Morgan fingerprint density at radius 2 is 2.50 bits per heavy atom. The molecule has 0 saturated carbocycles. The topological polar surface area (TPSA) is 12.0 Å². The van der Waals surface area contributed by atoms with Crippen molar-refractivity contribution >= 4 is 15.9 Å². The molecule has 1 aliphatic heterocycles. The summed E-state index contributed by atoms with van der Waals surface area (Å²) in [5.41, 5.74) is 0. The zero-order valence-corrected chi connectivity index (χ0v) is 5.16. The number of rotatable bonds is 1. The van der Waals surface area contributed by atoms with Crippen LogP contribution in [0.4, 0.5) is 0 Å². The standard InChI is InChI=1S/C4H8BrN/c5-3-4-1-2-6-4/h4,6H,1-3H2. The number of hydrogen-bond donors (Lipinski definition) is 1. The minimum atomic E-state index is 0.782. The molecule has 0 amide bonds. The normalized spacial score (nSPS) is 32.5. The molecule has 2 heteroatoms. The summed E-state index contributed by atoms with van der Waals surface area (Å²) in [6.45, 7) is 1.22. The zero-order valence-electron chi connectivity index (χ0n) is 3.58. The third-order valence-corrected chi connectivity index (χ3v) is 1.89. The molecule has 1 nitrogen and oxygen atoms in total. The highest BCUT2D eigenvalue weighted by molar-refractivity contribution is 9.09. The van der Waals surface area contributed by atoms with Gasteiger partial charge in [0.05, 0.1) is 0 Å². The summed E-state index contributed by atoms with van der Waals surface area (Å²) in [5, 5.41) is 4.37. The van der Waals surface area contributed by atoms with Gasteiger partial charge in [-0.05, 0) is 13.0 Å². The lowest BCUT2D eigenvalue weighted by Crippen LogP contribution is -2.43. The van der Waals surface area contributed by atoms with Crippen molar-refractivity contribution in [3.8, 4) is 0 Å². The number of alkyl halides is 1. The van der Waals surface area contributed by atoms with E-state index in [1.165, 1.54) is 13.0 Å². The van der Waals surface area contributed by atoms with E-state index in [1.807, 2.05) is 0 Å². The Hall–Kier alpha value is 0.440. The predicted octanol–water partition coefficient (Wildman–Crippen LogP) is 0.743. The summed E-state index contributed by atoms with van der Waals surface area (Å²) in [5.74, 6) is 0. The Morgan fingerprint density at radius 3 is 2.50 bits per heavy atom. The molecule has 0 bridgehead atoms. The van der Waals surface area contributed by atoms with Gasteiger partial charge in [-0.3, -0.25) is 0 Å². The van der Waals surface area contributed by atoms with Crippen LogP contribution in [-0.2, 0) is 0 Å². The smallest absolute Gasteiger partial charge is 0.0186 e. The Balaban J connectivity index is 2.01. The van der Waals surface area contributed by atoms with Crippen LogP contribution >= 0.6 is 15.9 Å². The molecule has 1 N–H and O–H groups in total. The molecular weight excluding hydrogens is 142 g/mol. The van der Waals surface area contributed by atoms with E-state index in [4.69, 9.17) is 0 Å². The predicted molar refractivity (Wildman–Crippen MR) is 30.2 cm³/mol. The van der Waals surface area contributed by atoms with Gasteiger partial charge in [-0.25, -0.2) is 0 Å². The molecule has 36 valence electrons. The van der Waals surface area contributed by atoms with E-state index in [2.05, 4.69) is 21.2 Å². The van der Waals surface area contributed by atoms with Gasteiger partial charge in [0.1, 0.15) is 0 Å². The summed E-state index contributed by atoms with van der Waals surface area (Å²) in [4.78, 5) is 0. The van der Waals surface area contributed by atoms with Crippen molar-refractivity contribution in [2.45, 2.75) is 12.5 Å². The molecule has 1 atom stereocenters. The SMILES string of the molecule is BrCC1CCN1. The van der Waals surface area contributed by atoms with Crippen molar-refractivity contribution in [3.05, 3.63) is 0 Å². The zero-order chi connectivity index (χ0) is 4.41. The molecule has 0 spiro atoms. The quantitative estimate of drug-likeness (QED) is 0.543. The fraction of sp³-hybridized carbons (Fsp3) is 1.00. The van der Waals surface area contributed by atoms with Gasteiger partial charge in [-0.2, -0.15) is 0 Å². The fourth-order valence-corrected chi connectivity index (χ4v) is 1.03. The van der Waals surface area contributed by atoms with Gasteiger partial charge in [-0.15, -0.1) is 0 Å². The molecule has 0 radical (unpaired) electrons. The maximum Gasteiger partial charge on any atom is 0.0186 e. The third kappa shape index (κ3) is 0.738. The van der Waals surface area contributed by atoms with E-state index in [9.17, 15) is 0 Å². The average Bonchev–Trinajstić information content (AvgIpc) is 1.31. The fourth-order valence-electron chi connectivity index (χ4n) is 0.480. The molecule has 0 aromatic rings. The summed E-state index contributed by atoms with van der Waals surface area (Å²) in [6.07, 6.45) is 1.35. The number of hydrogen-bond acceptors (Lipinski definition) is 1. The van der Waals surface area contributed by atoms with Crippen LogP contribution in [0.1, 0.15) is 6.42 Å². The van der Waals surface area contributed by atoms with E-state index in [1.54, 1.807) is 0 Å². The second kappa shape index (κ2) is 1.94. The van der Waals surface area contributed by atoms with E-state index in [0.717, 1.165) is 11.4 Å². The Labute approximate surface area is 46.2 Å². The van der Waals surface area contributed by atoms with Crippen molar-refractivity contribution < 1.29 is 0 Å². The molecule has 0 aromatic heterocycles. The van der Waals surface area contributed by atoms with Crippen LogP contribution in [0.2, 0.25) is 0 Å². The minimum Gasteiger partial charge on any atom is -0.313 e. The first-order chi connectivity index (χ1) is 2.93. The second-order valence-electron chi connectivity index (χ2n) is 1.59. The lowest BCUT2D eigenvalue weighted by Gasteiger charge is -2.24. The molecule has 0 aromatic carbocycles. The van der Waals surface area contributed by atoms with E-state index < -0.39 is 0 Å². The summed E-state index contributed by atoms with van der Waals surface area (Å²) < 4.78 is 0. The van der Waals surface area contributed by atoms with E-state index in [0.29, 0.717) is 0 Å². The molecule has 0 aliphatic carbocycles. The van der Waals surface area contributed by atoms with Crippen LogP contribution < -0.4 is 5.32 Å². The monoisotopic (exact) mass is 149 g/mol. The highest BCUT2D eigenvalue weighted by atomic mass is 79.9. The van der Waals surface area contributed by atoms with Crippen molar-refractivity contribution in [1.82, 2.24) is 5.32 Å². The summed E-state index contributed by atoms with van der Waals surface area (Å²) in [7, 11) is 0. The van der Waals surface area contributed by atoms with Gasteiger partial charge in [-0.1, -0.05) is 15.9 Å². The molecule has 6 heavy (non-hydrogen) atoms. The van der Waals surface area contributed by atoms with Crippen LogP contribution in [0.5, 0.6) is 0 Å². The first kappa shape index (κ1) is 4.60. The second-order valence-corrected chi connectivity index (χ2v) is 2.24. The Morgan fingerprint density at radius 1 is 1.83 bits per heavy atom.